The summed E-state index contributed by atoms with van der Waals surface area (Å²) in [5.41, 5.74) is 2.93. The summed E-state index contributed by atoms with van der Waals surface area (Å²) >= 11 is 1.66. The number of benzene rings is 4. The molecule has 0 saturated carbocycles. The van der Waals surface area contributed by atoms with Gasteiger partial charge >= 0.3 is 0 Å². The molecule has 324 valence electrons. The van der Waals surface area contributed by atoms with Crippen LogP contribution in [0.5, 0.6) is 11.5 Å². The third-order valence-corrected chi connectivity index (χ3v) is 19.3. The number of aromatic nitrogens is 4. The van der Waals surface area contributed by atoms with Gasteiger partial charge in [0.2, 0.25) is 7.58 Å². The van der Waals surface area contributed by atoms with E-state index in [1.807, 2.05) is 89.5 Å². The summed E-state index contributed by atoms with van der Waals surface area (Å²) in [5, 5.41) is 2.78. The molecule has 8 rings (SSSR count). The molecular formula is C46H52N5O8PSSi. The summed E-state index contributed by atoms with van der Waals surface area (Å²) in [6.07, 6.45) is 0.370. The Morgan fingerprint density at radius 2 is 1.45 bits per heavy atom. The SMILES string of the molecule is COc1ccc(C(OC[C@H]2O[C@@H](n3cnc4c(NC(=O)c5ccccc5)ncnc43)[C@H](O[Si](C)(C)C(C)(C)C)[C@@H]2OP2OCCS2)(c2ccccc2)c2ccc(OC)cc2)cc1. The first kappa shape index (κ1) is 43.9. The summed E-state index contributed by atoms with van der Waals surface area (Å²) in [5.74, 6) is 2.24. The lowest BCUT2D eigenvalue weighted by molar-refractivity contribution is -0.0917. The number of rotatable bonds is 15. The van der Waals surface area contributed by atoms with Crippen molar-refractivity contribution in [2.75, 3.05) is 38.5 Å². The highest BCUT2D eigenvalue weighted by Crippen LogP contribution is 2.59. The third kappa shape index (κ3) is 8.91. The van der Waals surface area contributed by atoms with Gasteiger partial charge in [0.05, 0.1) is 33.8 Å². The third-order valence-electron chi connectivity index (χ3n) is 11.7. The largest absolute Gasteiger partial charge is 0.497 e. The summed E-state index contributed by atoms with van der Waals surface area (Å²) < 4.78 is 48.2. The van der Waals surface area contributed by atoms with Crippen LogP contribution in [0.3, 0.4) is 0 Å². The predicted octanol–water partition coefficient (Wildman–Crippen LogP) is 9.77. The van der Waals surface area contributed by atoms with E-state index >= 15 is 0 Å². The minimum atomic E-state index is -2.51. The number of nitrogens with one attached hydrogen (secondary N) is 1. The van der Waals surface area contributed by atoms with Crippen LogP contribution < -0.4 is 14.8 Å². The Balaban J connectivity index is 1.23. The van der Waals surface area contributed by atoms with Gasteiger partial charge in [-0.3, -0.25) is 9.36 Å². The maximum atomic E-state index is 13.3. The van der Waals surface area contributed by atoms with Gasteiger partial charge < -0.3 is 37.7 Å². The fourth-order valence-electron chi connectivity index (χ4n) is 7.44. The van der Waals surface area contributed by atoms with Crippen LogP contribution in [0.25, 0.3) is 11.2 Å². The topological polar surface area (TPSA) is 137 Å². The first-order chi connectivity index (χ1) is 29.9. The molecule has 0 radical (unpaired) electrons. The van der Waals surface area contributed by atoms with Gasteiger partial charge in [-0.15, -0.1) is 0 Å². The number of carbonyl (C=O) groups is 1. The van der Waals surface area contributed by atoms with Crippen LogP contribution >= 0.6 is 19.0 Å². The molecule has 4 heterocycles. The number of imidazole rings is 1. The predicted molar refractivity (Wildman–Crippen MR) is 244 cm³/mol. The molecule has 1 N–H and O–H groups in total. The van der Waals surface area contributed by atoms with E-state index in [-0.39, 0.29) is 23.4 Å². The van der Waals surface area contributed by atoms with E-state index in [1.54, 1.807) is 44.1 Å². The van der Waals surface area contributed by atoms with E-state index < -0.39 is 46.0 Å². The lowest BCUT2D eigenvalue weighted by Crippen LogP contribution is -2.49. The molecule has 13 nitrogen and oxygen atoms in total. The minimum Gasteiger partial charge on any atom is -0.497 e. The van der Waals surface area contributed by atoms with Crippen LogP contribution in [-0.4, -0.2) is 85.2 Å². The number of nitrogens with zero attached hydrogens (tertiary/aromatic N) is 4. The molecule has 0 aliphatic carbocycles. The van der Waals surface area contributed by atoms with Crippen molar-refractivity contribution in [3.8, 4) is 11.5 Å². The van der Waals surface area contributed by atoms with Crippen LogP contribution in [0.15, 0.2) is 122 Å². The van der Waals surface area contributed by atoms with Crippen molar-refractivity contribution in [1.29, 1.82) is 0 Å². The zero-order valence-electron chi connectivity index (χ0n) is 35.9. The molecule has 2 aliphatic rings. The molecule has 6 aromatic rings. The van der Waals surface area contributed by atoms with Gasteiger partial charge in [-0.2, -0.15) is 0 Å². The molecule has 1 amide bonds. The van der Waals surface area contributed by atoms with Crippen molar-refractivity contribution in [2.45, 2.75) is 69.0 Å². The van der Waals surface area contributed by atoms with E-state index in [9.17, 15) is 4.79 Å². The molecule has 2 aliphatic heterocycles. The van der Waals surface area contributed by atoms with Crippen molar-refractivity contribution >= 4 is 50.2 Å². The van der Waals surface area contributed by atoms with E-state index in [0.29, 0.717) is 23.3 Å². The number of hydrogen-bond donors (Lipinski definition) is 1. The molecule has 62 heavy (non-hydrogen) atoms. The number of amides is 1. The van der Waals surface area contributed by atoms with Gasteiger partial charge in [-0.1, -0.05) is 105 Å². The normalized spacial score (nSPS) is 20.7. The number of ether oxygens (including phenoxy) is 4. The van der Waals surface area contributed by atoms with Gasteiger partial charge in [0.1, 0.15) is 41.7 Å². The van der Waals surface area contributed by atoms with Crippen molar-refractivity contribution in [2.24, 2.45) is 0 Å². The minimum absolute atomic E-state index is 0.0827. The number of fused-ring (bicyclic) bond motifs is 1. The average Bonchev–Trinajstić information content (AvgIpc) is 4.05. The second-order valence-electron chi connectivity index (χ2n) is 16.5. The van der Waals surface area contributed by atoms with Crippen molar-refractivity contribution in [1.82, 2.24) is 19.5 Å². The van der Waals surface area contributed by atoms with Gasteiger partial charge in [0.25, 0.3) is 5.91 Å². The molecule has 2 aromatic heterocycles. The van der Waals surface area contributed by atoms with Crippen LogP contribution in [0, 0.1) is 0 Å². The zero-order chi connectivity index (χ0) is 43.5. The lowest BCUT2D eigenvalue weighted by Gasteiger charge is -2.41. The summed E-state index contributed by atoms with van der Waals surface area (Å²) in [4.78, 5) is 27.2. The lowest BCUT2D eigenvalue weighted by atomic mass is 9.80. The smallest absolute Gasteiger partial charge is 0.256 e. The monoisotopic (exact) mass is 893 g/mol. The molecule has 2 saturated heterocycles. The second-order valence-corrected chi connectivity index (χ2v) is 24.6. The van der Waals surface area contributed by atoms with Crippen LogP contribution in [0.4, 0.5) is 5.82 Å². The zero-order valence-corrected chi connectivity index (χ0v) is 38.6. The number of anilines is 1. The molecule has 5 atom stereocenters. The Labute approximate surface area is 368 Å². The molecular weight excluding hydrogens is 842 g/mol. The Morgan fingerprint density at radius 3 is 2.03 bits per heavy atom. The quantitative estimate of drug-likeness (QED) is 0.0597. The maximum absolute atomic E-state index is 13.3. The highest BCUT2D eigenvalue weighted by molar-refractivity contribution is 8.53. The Bertz CT molecular complexity index is 2390. The van der Waals surface area contributed by atoms with Crippen LogP contribution in [-0.2, 0) is 28.5 Å². The molecule has 4 aromatic carbocycles. The van der Waals surface area contributed by atoms with Gasteiger partial charge in [0, 0.05) is 11.3 Å². The van der Waals surface area contributed by atoms with Crippen LogP contribution in [0.2, 0.25) is 18.1 Å². The summed E-state index contributed by atoms with van der Waals surface area (Å²) in [6, 6.07) is 35.0. The summed E-state index contributed by atoms with van der Waals surface area (Å²) in [6.45, 7) is 11.7. The maximum Gasteiger partial charge on any atom is 0.256 e. The van der Waals surface area contributed by atoms with E-state index in [4.69, 9.17) is 37.4 Å². The standard InChI is InChI=1S/C46H52N5O8PSSi/c1-45(2,3)62(6,7)59-40-39(58-60-56-26-27-61-60)37(57-44(40)51-30-49-38-41(47-29-48-42(38)51)50-43(52)31-14-10-8-11-15-31)28-55-46(32-16-12-9-13-17-32,33-18-22-35(53-4)23-19-33)34-20-24-36(54-5)25-21-34/h8-25,29-30,37,39-40,44H,26-28H2,1-7H3,(H,47,48,50,52)/t37-,39-,40-,44-,60?/m1/s1. The van der Waals surface area contributed by atoms with Crippen molar-refractivity contribution in [3.63, 3.8) is 0 Å². The second kappa shape index (κ2) is 18.6. The van der Waals surface area contributed by atoms with E-state index in [0.717, 1.165) is 33.9 Å². The molecule has 0 bridgehead atoms. The fraction of sp³-hybridized carbons (Fsp3) is 0.348. The number of hydrogen-bond acceptors (Lipinski definition) is 12. The first-order valence-corrected chi connectivity index (χ1v) is 26.2. The van der Waals surface area contributed by atoms with E-state index in [1.165, 1.54) is 6.33 Å². The first-order valence-electron chi connectivity index (χ1n) is 20.5. The molecule has 2 fully saturated rings. The Morgan fingerprint density at radius 1 is 0.839 bits per heavy atom. The number of carbonyl (C=O) groups excluding carboxylic acids is 1. The van der Waals surface area contributed by atoms with Gasteiger partial charge in [-0.25, -0.2) is 15.0 Å². The van der Waals surface area contributed by atoms with Crippen molar-refractivity contribution in [3.05, 3.63) is 144 Å². The highest BCUT2D eigenvalue weighted by Gasteiger charge is 2.54. The Kier molecular flexibility index (Phi) is 13.2. The average molecular weight is 894 g/mol. The van der Waals surface area contributed by atoms with Gasteiger partial charge in [0.15, 0.2) is 31.5 Å². The summed E-state index contributed by atoms with van der Waals surface area (Å²) in [7, 11) is -0.525. The van der Waals surface area contributed by atoms with E-state index in [2.05, 4.69) is 61.3 Å². The molecule has 0 spiro atoms. The van der Waals surface area contributed by atoms with Crippen molar-refractivity contribution < 1.29 is 37.2 Å². The molecule has 16 heteroatoms. The molecule has 1 unspecified atom stereocenters. The fourth-order valence-corrected chi connectivity index (χ4v) is 11.6. The number of methoxy groups -OCH3 is 2. The van der Waals surface area contributed by atoms with Crippen LogP contribution in [0.1, 0.15) is 54.0 Å². The highest BCUT2D eigenvalue weighted by atomic mass is 32.7. The Hall–Kier alpha value is -4.70. The van der Waals surface area contributed by atoms with Gasteiger partial charge in [-0.05, 0) is 71.2 Å².